The highest BCUT2D eigenvalue weighted by Crippen LogP contribution is 2.22. The zero-order valence-electron chi connectivity index (χ0n) is 11.4. The minimum absolute atomic E-state index is 0.514. The lowest BCUT2D eigenvalue weighted by Gasteiger charge is -2.13. The molecule has 2 aromatic rings. The third-order valence-corrected chi connectivity index (χ3v) is 4.89. The highest BCUT2D eigenvalue weighted by Gasteiger charge is 2.11. The number of nitrogens with zero attached hydrogens (tertiary/aromatic N) is 1. The summed E-state index contributed by atoms with van der Waals surface area (Å²) in [7, 11) is 2.03. The summed E-state index contributed by atoms with van der Waals surface area (Å²) in [4.78, 5) is 4.75. The molecule has 19 heavy (non-hydrogen) atoms. The van der Waals surface area contributed by atoms with Gasteiger partial charge in [0.15, 0.2) is 0 Å². The summed E-state index contributed by atoms with van der Waals surface area (Å²) in [5.41, 5.74) is 2.30. The molecule has 1 aromatic carbocycles. The van der Waals surface area contributed by atoms with Gasteiger partial charge in [0.1, 0.15) is 0 Å². The molecule has 0 bridgehead atoms. The largest absolute Gasteiger partial charge is 0.316 e. The molecule has 0 saturated carbocycles. The maximum atomic E-state index is 4.75. The molecule has 0 fully saturated rings. The summed E-state index contributed by atoms with van der Waals surface area (Å²) in [6.07, 6.45) is 1.01. The quantitative estimate of drug-likeness (QED) is 0.842. The number of nitrogens with one attached hydrogen (secondary N) is 1. The first kappa shape index (κ1) is 14.6. The van der Waals surface area contributed by atoms with Gasteiger partial charge in [-0.2, -0.15) is 11.8 Å². The molecule has 0 spiro atoms. The topological polar surface area (TPSA) is 24.9 Å². The molecule has 0 aliphatic rings. The smallest absolute Gasteiger partial charge is 0.0948 e. The fourth-order valence-corrected chi connectivity index (χ4v) is 3.55. The lowest BCUT2D eigenvalue weighted by atomic mass is 10.2. The second-order valence-corrected chi connectivity index (χ2v) is 6.60. The van der Waals surface area contributed by atoms with E-state index in [2.05, 4.69) is 41.9 Å². The van der Waals surface area contributed by atoms with E-state index < -0.39 is 0 Å². The Morgan fingerprint density at radius 1 is 1.32 bits per heavy atom. The van der Waals surface area contributed by atoms with Crippen LogP contribution in [-0.2, 0) is 6.42 Å². The Labute approximate surface area is 123 Å². The number of hydrogen-bond donors (Lipinski definition) is 1. The Kier molecular flexibility index (Phi) is 5.89. The van der Waals surface area contributed by atoms with Gasteiger partial charge in [-0.1, -0.05) is 37.3 Å². The van der Waals surface area contributed by atoms with E-state index >= 15 is 0 Å². The van der Waals surface area contributed by atoms with Crippen LogP contribution in [0.4, 0.5) is 0 Å². The average Bonchev–Trinajstić information content (AvgIpc) is 2.93. The first-order chi connectivity index (χ1) is 9.33. The molecule has 4 heteroatoms. The highest BCUT2D eigenvalue weighted by molar-refractivity contribution is 7.99. The third kappa shape index (κ3) is 4.34. The predicted octanol–water partition coefficient (Wildman–Crippen LogP) is 3.69. The van der Waals surface area contributed by atoms with Crippen LogP contribution in [0.1, 0.15) is 11.9 Å². The molecule has 2 rings (SSSR count). The van der Waals surface area contributed by atoms with Crippen molar-refractivity contribution in [2.24, 2.45) is 0 Å². The fourth-order valence-electron chi connectivity index (χ4n) is 1.86. The summed E-state index contributed by atoms with van der Waals surface area (Å²) in [6.45, 7) is 2.20. The molecule has 2 nitrogen and oxygen atoms in total. The summed E-state index contributed by atoms with van der Waals surface area (Å²) in [5.74, 6) is 2.32. The molecule has 0 saturated heterocycles. The van der Waals surface area contributed by atoms with Crippen molar-refractivity contribution in [1.82, 2.24) is 10.3 Å². The van der Waals surface area contributed by atoms with Gasteiger partial charge < -0.3 is 5.32 Å². The molecule has 1 heterocycles. The Morgan fingerprint density at radius 3 is 2.79 bits per heavy atom. The van der Waals surface area contributed by atoms with E-state index in [1.807, 2.05) is 24.9 Å². The SMILES string of the molecule is CCSCC(Cc1nc(-c2ccccc2)cs1)NC. The van der Waals surface area contributed by atoms with Gasteiger partial charge in [-0.15, -0.1) is 11.3 Å². The molecule has 1 atom stereocenters. The molecule has 0 aliphatic heterocycles. The third-order valence-electron chi connectivity index (χ3n) is 2.97. The summed E-state index contributed by atoms with van der Waals surface area (Å²) < 4.78 is 0. The lowest BCUT2D eigenvalue weighted by molar-refractivity contribution is 0.615. The summed E-state index contributed by atoms with van der Waals surface area (Å²) in [6, 6.07) is 10.9. The normalized spacial score (nSPS) is 12.5. The monoisotopic (exact) mass is 292 g/mol. The predicted molar refractivity (Wildman–Crippen MR) is 87.1 cm³/mol. The zero-order chi connectivity index (χ0) is 13.5. The van der Waals surface area contributed by atoms with Crippen LogP contribution < -0.4 is 5.32 Å². The molecule has 1 unspecified atom stereocenters. The van der Waals surface area contributed by atoms with Crippen LogP contribution >= 0.6 is 23.1 Å². The van der Waals surface area contributed by atoms with Crippen molar-refractivity contribution in [3.63, 3.8) is 0 Å². The fraction of sp³-hybridized carbons (Fsp3) is 0.400. The van der Waals surface area contributed by atoms with Crippen molar-refractivity contribution in [2.45, 2.75) is 19.4 Å². The number of likely N-dealkylation sites (N-methyl/N-ethyl adjacent to an activating group) is 1. The van der Waals surface area contributed by atoms with Gasteiger partial charge in [0.05, 0.1) is 10.7 Å². The van der Waals surface area contributed by atoms with Gasteiger partial charge in [-0.25, -0.2) is 4.98 Å². The van der Waals surface area contributed by atoms with Crippen LogP contribution in [0.5, 0.6) is 0 Å². The van der Waals surface area contributed by atoms with Crippen LogP contribution in [0.15, 0.2) is 35.7 Å². The van der Waals surface area contributed by atoms with E-state index in [-0.39, 0.29) is 0 Å². The first-order valence-electron chi connectivity index (χ1n) is 6.58. The van der Waals surface area contributed by atoms with E-state index in [1.54, 1.807) is 11.3 Å². The van der Waals surface area contributed by atoms with E-state index in [4.69, 9.17) is 4.98 Å². The number of benzene rings is 1. The van der Waals surface area contributed by atoms with Crippen LogP contribution in [0.25, 0.3) is 11.3 Å². The minimum atomic E-state index is 0.514. The Morgan fingerprint density at radius 2 is 2.11 bits per heavy atom. The Balaban J connectivity index is 2.01. The Hall–Kier alpha value is -0.840. The maximum absolute atomic E-state index is 4.75. The molecule has 0 radical (unpaired) electrons. The molecular formula is C15H20N2S2. The van der Waals surface area contributed by atoms with Gasteiger partial charge >= 0.3 is 0 Å². The molecule has 102 valence electrons. The lowest BCUT2D eigenvalue weighted by Crippen LogP contribution is -2.30. The maximum Gasteiger partial charge on any atom is 0.0948 e. The molecule has 0 amide bonds. The van der Waals surface area contributed by atoms with Crippen molar-refractivity contribution in [3.8, 4) is 11.3 Å². The minimum Gasteiger partial charge on any atom is -0.316 e. The van der Waals surface area contributed by atoms with E-state index in [0.717, 1.165) is 17.9 Å². The van der Waals surface area contributed by atoms with Crippen molar-refractivity contribution >= 4 is 23.1 Å². The number of aromatic nitrogens is 1. The second kappa shape index (κ2) is 7.68. The van der Waals surface area contributed by atoms with Crippen LogP contribution in [0.2, 0.25) is 0 Å². The average molecular weight is 292 g/mol. The van der Waals surface area contributed by atoms with Crippen molar-refractivity contribution in [2.75, 3.05) is 18.6 Å². The Bertz CT molecular complexity index is 482. The summed E-state index contributed by atoms with van der Waals surface area (Å²) >= 11 is 3.74. The van der Waals surface area contributed by atoms with Crippen molar-refractivity contribution < 1.29 is 0 Å². The van der Waals surface area contributed by atoms with Gasteiger partial charge in [0.2, 0.25) is 0 Å². The van der Waals surface area contributed by atoms with Gasteiger partial charge in [-0.3, -0.25) is 0 Å². The van der Waals surface area contributed by atoms with Crippen molar-refractivity contribution in [1.29, 1.82) is 0 Å². The van der Waals surface area contributed by atoms with Crippen molar-refractivity contribution in [3.05, 3.63) is 40.7 Å². The van der Waals surface area contributed by atoms with E-state index in [9.17, 15) is 0 Å². The molecule has 1 N–H and O–H groups in total. The summed E-state index contributed by atoms with van der Waals surface area (Å²) in [5, 5.41) is 6.75. The van der Waals surface area contributed by atoms with Crippen LogP contribution in [-0.4, -0.2) is 29.6 Å². The molecular weight excluding hydrogens is 272 g/mol. The van der Waals surface area contributed by atoms with Crippen LogP contribution in [0, 0.1) is 0 Å². The van der Waals surface area contributed by atoms with Gasteiger partial charge in [0.25, 0.3) is 0 Å². The second-order valence-electron chi connectivity index (χ2n) is 4.34. The van der Waals surface area contributed by atoms with Gasteiger partial charge in [-0.05, 0) is 12.8 Å². The first-order valence-corrected chi connectivity index (χ1v) is 8.61. The van der Waals surface area contributed by atoms with E-state index in [0.29, 0.717) is 6.04 Å². The van der Waals surface area contributed by atoms with Crippen LogP contribution in [0.3, 0.4) is 0 Å². The highest BCUT2D eigenvalue weighted by atomic mass is 32.2. The van der Waals surface area contributed by atoms with Gasteiger partial charge in [0, 0.05) is 29.2 Å². The van der Waals surface area contributed by atoms with E-state index in [1.165, 1.54) is 16.3 Å². The number of thioether (sulfide) groups is 1. The zero-order valence-corrected chi connectivity index (χ0v) is 13.1. The molecule has 1 aromatic heterocycles. The number of hydrogen-bond acceptors (Lipinski definition) is 4. The number of thiazole rings is 1. The standard InChI is InChI=1S/C15H20N2S2/c1-3-18-10-13(16-2)9-15-17-14(11-19-15)12-7-5-4-6-8-12/h4-8,11,13,16H,3,9-10H2,1-2H3. The molecule has 0 aliphatic carbocycles. The number of rotatable bonds is 7.